The summed E-state index contributed by atoms with van der Waals surface area (Å²) in [7, 11) is 2.99. The summed E-state index contributed by atoms with van der Waals surface area (Å²) >= 11 is 0. The van der Waals surface area contributed by atoms with E-state index in [0.717, 1.165) is 11.0 Å². The average molecular weight is 261 g/mol. The molecule has 7 heteroatoms. The van der Waals surface area contributed by atoms with Gasteiger partial charge in [0.2, 0.25) is 5.95 Å². The second kappa shape index (κ2) is 4.65. The fraction of sp³-hybridized carbons (Fsp3) is 0.417. The van der Waals surface area contributed by atoms with Gasteiger partial charge in [-0.2, -0.15) is 4.98 Å². The molecule has 100 valence electrons. The van der Waals surface area contributed by atoms with E-state index >= 15 is 0 Å². The highest BCUT2D eigenvalue weighted by Crippen LogP contribution is 2.10. The standard InChI is InChI=1S/C12H15N5O2/c1-5-7(6-2)13-11-14-8-9(15-11)16(3)12(19)17(4)10(8)18/h1,7H,6H2,2-4H3,(H2,13,14,15). The number of hydrogen-bond donors (Lipinski definition) is 2. The average Bonchev–Trinajstić information content (AvgIpc) is 2.84. The van der Waals surface area contributed by atoms with Crippen LogP contribution in [0.25, 0.3) is 11.2 Å². The SMILES string of the molecule is C#CC(CC)Nc1nc2c([nH]1)c(=O)n(C)c(=O)n2C. The summed E-state index contributed by atoms with van der Waals surface area (Å²) in [6.07, 6.45) is 6.08. The van der Waals surface area contributed by atoms with Gasteiger partial charge in [-0.25, -0.2) is 4.79 Å². The molecule has 0 saturated heterocycles. The number of hydrogen-bond acceptors (Lipinski definition) is 4. The van der Waals surface area contributed by atoms with Crippen LogP contribution in [0.1, 0.15) is 13.3 Å². The number of anilines is 1. The van der Waals surface area contributed by atoms with Crippen molar-refractivity contribution in [2.24, 2.45) is 14.1 Å². The third kappa shape index (κ3) is 2.01. The van der Waals surface area contributed by atoms with Crippen molar-refractivity contribution in [3.63, 3.8) is 0 Å². The van der Waals surface area contributed by atoms with E-state index in [1.165, 1.54) is 11.6 Å². The van der Waals surface area contributed by atoms with E-state index in [4.69, 9.17) is 6.42 Å². The Bertz CT molecular complexity index is 774. The number of aromatic nitrogens is 4. The third-order valence-electron chi connectivity index (χ3n) is 3.02. The van der Waals surface area contributed by atoms with E-state index in [0.29, 0.717) is 11.6 Å². The van der Waals surface area contributed by atoms with E-state index in [9.17, 15) is 9.59 Å². The Morgan fingerprint density at radius 1 is 1.42 bits per heavy atom. The van der Waals surface area contributed by atoms with E-state index in [-0.39, 0.29) is 11.6 Å². The van der Waals surface area contributed by atoms with Crippen molar-refractivity contribution in [2.75, 3.05) is 5.32 Å². The number of rotatable bonds is 3. The van der Waals surface area contributed by atoms with Crippen LogP contribution in [-0.2, 0) is 14.1 Å². The van der Waals surface area contributed by atoms with Crippen LogP contribution in [-0.4, -0.2) is 25.1 Å². The zero-order valence-electron chi connectivity index (χ0n) is 11.0. The number of H-pyrrole nitrogens is 1. The van der Waals surface area contributed by atoms with E-state index < -0.39 is 11.2 Å². The van der Waals surface area contributed by atoms with Gasteiger partial charge in [-0.15, -0.1) is 6.42 Å². The summed E-state index contributed by atoms with van der Waals surface area (Å²) in [5, 5.41) is 2.99. The summed E-state index contributed by atoms with van der Waals surface area (Å²) in [6.45, 7) is 1.94. The summed E-state index contributed by atoms with van der Waals surface area (Å²) < 4.78 is 2.35. The lowest BCUT2D eigenvalue weighted by molar-refractivity contribution is 0.709. The van der Waals surface area contributed by atoms with Crippen LogP contribution in [0.5, 0.6) is 0 Å². The molecular weight excluding hydrogens is 246 g/mol. The molecule has 0 radical (unpaired) electrons. The van der Waals surface area contributed by atoms with Crippen molar-refractivity contribution in [3.8, 4) is 12.3 Å². The number of fused-ring (bicyclic) bond motifs is 1. The molecule has 0 spiro atoms. The predicted octanol–water partition coefficient (Wildman–Crippen LogP) is -0.216. The Labute approximate surface area is 109 Å². The summed E-state index contributed by atoms with van der Waals surface area (Å²) in [5.74, 6) is 2.96. The van der Waals surface area contributed by atoms with Crippen molar-refractivity contribution in [2.45, 2.75) is 19.4 Å². The van der Waals surface area contributed by atoms with Crippen LogP contribution >= 0.6 is 0 Å². The molecule has 0 saturated carbocycles. The molecule has 2 N–H and O–H groups in total. The molecule has 2 heterocycles. The molecule has 2 aromatic rings. The molecule has 0 aliphatic carbocycles. The Kier molecular flexibility index (Phi) is 3.17. The van der Waals surface area contributed by atoms with Gasteiger partial charge in [0.15, 0.2) is 11.2 Å². The number of imidazole rings is 1. The van der Waals surface area contributed by atoms with E-state index in [2.05, 4.69) is 21.2 Å². The van der Waals surface area contributed by atoms with Crippen LogP contribution in [0.3, 0.4) is 0 Å². The minimum Gasteiger partial charge on any atom is -0.342 e. The molecule has 0 aromatic carbocycles. The lowest BCUT2D eigenvalue weighted by Crippen LogP contribution is -2.36. The molecule has 0 amide bonds. The fourth-order valence-electron chi connectivity index (χ4n) is 1.82. The maximum absolute atomic E-state index is 11.9. The van der Waals surface area contributed by atoms with Crippen LogP contribution in [0.4, 0.5) is 5.95 Å². The number of terminal acetylenes is 1. The zero-order valence-corrected chi connectivity index (χ0v) is 11.0. The normalized spacial score (nSPS) is 12.3. The number of nitrogens with zero attached hydrogens (tertiary/aromatic N) is 3. The van der Waals surface area contributed by atoms with Gasteiger partial charge in [-0.05, 0) is 6.42 Å². The van der Waals surface area contributed by atoms with Crippen molar-refractivity contribution in [3.05, 3.63) is 20.8 Å². The fourth-order valence-corrected chi connectivity index (χ4v) is 1.82. The summed E-state index contributed by atoms with van der Waals surface area (Å²) in [4.78, 5) is 30.8. The topological polar surface area (TPSA) is 84.7 Å². The van der Waals surface area contributed by atoms with Gasteiger partial charge in [0, 0.05) is 14.1 Å². The largest absolute Gasteiger partial charge is 0.342 e. The lowest BCUT2D eigenvalue weighted by Gasteiger charge is -2.07. The predicted molar refractivity (Wildman–Crippen MR) is 73.1 cm³/mol. The summed E-state index contributed by atoms with van der Waals surface area (Å²) in [6, 6.07) is -0.179. The first kappa shape index (κ1) is 13.0. The van der Waals surface area contributed by atoms with Gasteiger partial charge < -0.3 is 10.3 Å². The highest BCUT2D eigenvalue weighted by atomic mass is 16.2. The number of aryl methyl sites for hydroxylation is 1. The minimum atomic E-state index is -0.417. The maximum Gasteiger partial charge on any atom is 0.332 e. The van der Waals surface area contributed by atoms with Gasteiger partial charge in [0.05, 0.1) is 6.04 Å². The smallest absolute Gasteiger partial charge is 0.332 e. The third-order valence-corrected chi connectivity index (χ3v) is 3.02. The van der Waals surface area contributed by atoms with E-state index in [1.807, 2.05) is 6.92 Å². The van der Waals surface area contributed by atoms with Crippen molar-refractivity contribution < 1.29 is 0 Å². The van der Waals surface area contributed by atoms with Crippen molar-refractivity contribution in [1.29, 1.82) is 0 Å². The Balaban J connectivity index is 2.62. The lowest BCUT2D eigenvalue weighted by atomic mass is 10.2. The van der Waals surface area contributed by atoms with Crippen LogP contribution in [0.15, 0.2) is 9.59 Å². The van der Waals surface area contributed by atoms with Crippen LogP contribution in [0.2, 0.25) is 0 Å². The minimum absolute atomic E-state index is 0.179. The van der Waals surface area contributed by atoms with Crippen LogP contribution in [0, 0.1) is 12.3 Å². The Hall–Kier alpha value is -2.49. The molecule has 0 aliphatic rings. The molecule has 2 rings (SSSR count). The monoisotopic (exact) mass is 261 g/mol. The van der Waals surface area contributed by atoms with Gasteiger partial charge >= 0.3 is 5.69 Å². The van der Waals surface area contributed by atoms with Gasteiger partial charge in [-0.3, -0.25) is 13.9 Å². The van der Waals surface area contributed by atoms with Gasteiger partial charge in [0.25, 0.3) is 5.56 Å². The molecule has 0 fully saturated rings. The first-order chi connectivity index (χ1) is 8.99. The van der Waals surface area contributed by atoms with Gasteiger partial charge in [0.1, 0.15) is 0 Å². The second-order valence-corrected chi connectivity index (χ2v) is 4.26. The Morgan fingerprint density at radius 3 is 2.68 bits per heavy atom. The van der Waals surface area contributed by atoms with Crippen molar-refractivity contribution >= 4 is 17.1 Å². The molecule has 1 atom stereocenters. The maximum atomic E-state index is 11.9. The molecular formula is C12H15N5O2. The molecule has 1 unspecified atom stereocenters. The molecule has 0 bridgehead atoms. The van der Waals surface area contributed by atoms with Crippen molar-refractivity contribution in [1.82, 2.24) is 19.1 Å². The zero-order chi connectivity index (χ0) is 14.2. The first-order valence-electron chi connectivity index (χ1n) is 5.88. The second-order valence-electron chi connectivity index (χ2n) is 4.26. The first-order valence-corrected chi connectivity index (χ1v) is 5.88. The number of nitrogens with one attached hydrogen (secondary N) is 2. The highest BCUT2D eigenvalue weighted by Gasteiger charge is 2.14. The van der Waals surface area contributed by atoms with Gasteiger partial charge in [-0.1, -0.05) is 12.8 Å². The molecule has 19 heavy (non-hydrogen) atoms. The highest BCUT2D eigenvalue weighted by molar-refractivity contribution is 5.72. The quantitative estimate of drug-likeness (QED) is 0.748. The molecule has 7 nitrogen and oxygen atoms in total. The molecule has 2 aromatic heterocycles. The number of aromatic amines is 1. The molecule has 0 aliphatic heterocycles. The Morgan fingerprint density at radius 2 is 2.11 bits per heavy atom. The van der Waals surface area contributed by atoms with Crippen LogP contribution < -0.4 is 16.6 Å². The van der Waals surface area contributed by atoms with E-state index in [1.54, 1.807) is 7.05 Å². The summed E-state index contributed by atoms with van der Waals surface area (Å²) in [5.41, 5.74) is -0.242.